The molecule has 2 radical (unpaired) electrons. The molecule has 0 N–H and O–H groups in total. The van der Waals surface area contributed by atoms with Gasteiger partial charge in [0.1, 0.15) is 0 Å². The van der Waals surface area contributed by atoms with Gasteiger partial charge in [0.05, 0.1) is 0 Å². The molecule has 0 saturated carbocycles. The van der Waals surface area contributed by atoms with Crippen molar-refractivity contribution in [3.63, 3.8) is 0 Å². The van der Waals surface area contributed by atoms with Crippen LogP contribution < -0.4 is 0 Å². The molecule has 1 heteroatoms. The van der Waals surface area contributed by atoms with E-state index < -0.39 is 0 Å². The molecule has 0 nitrogen and oxygen atoms in total. The first-order chi connectivity index (χ1) is 6.41. The average molecular weight is 240 g/mol. The third-order valence-electron chi connectivity index (χ3n) is 2.23. The van der Waals surface area contributed by atoms with Crippen LogP contribution in [0.25, 0.3) is 0 Å². The van der Waals surface area contributed by atoms with Gasteiger partial charge in [-0.25, -0.2) is 0 Å². The van der Waals surface area contributed by atoms with Crippen molar-refractivity contribution in [3.05, 3.63) is 0 Å². The molecule has 0 aliphatic heterocycles. The second kappa shape index (κ2) is 12.1. The average Bonchev–Trinajstić information content (AvgIpc) is 2.16. The summed E-state index contributed by atoms with van der Waals surface area (Å²) in [7, 11) is 0. The second-order valence-electron chi connectivity index (χ2n) is 3.51. The molecule has 13 heavy (non-hydrogen) atoms. The first-order valence-corrected chi connectivity index (χ1v) is 6.47. The van der Waals surface area contributed by atoms with Gasteiger partial charge in [0.25, 0.3) is 0 Å². The SMILES string of the molecule is CCCCCCCCCCC#C[As]. The van der Waals surface area contributed by atoms with E-state index >= 15 is 0 Å². The normalized spacial score (nSPS) is 9.38. The molecule has 0 saturated heterocycles. The Balaban J connectivity index is 2.86. The maximum atomic E-state index is 3.08. The molecule has 0 fully saturated rings. The summed E-state index contributed by atoms with van der Waals surface area (Å²) in [5.74, 6) is 3.08. The zero-order valence-electron chi connectivity index (χ0n) is 8.81. The van der Waals surface area contributed by atoms with Crippen LogP contribution in [0, 0.1) is 10.6 Å². The Kier molecular flexibility index (Phi) is 12.2. The summed E-state index contributed by atoms with van der Waals surface area (Å²) in [6.07, 6.45) is 12.2. The number of hydrogen-bond acceptors (Lipinski definition) is 0. The van der Waals surface area contributed by atoms with Crippen LogP contribution in [0.1, 0.15) is 64.7 Å². The quantitative estimate of drug-likeness (QED) is 0.345. The summed E-state index contributed by atoms with van der Waals surface area (Å²) in [5.41, 5.74) is 0. The molecule has 0 aromatic carbocycles. The standard InChI is InChI=1S/C12H21As/c1-2-3-4-5-6-7-8-9-10-11-12-13/h2-10H2,1H3. The topological polar surface area (TPSA) is 0 Å². The van der Waals surface area contributed by atoms with E-state index in [1.165, 1.54) is 51.4 Å². The molecular weight excluding hydrogens is 219 g/mol. The molecule has 0 unspecified atom stereocenters. The molecule has 0 atom stereocenters. The van der Waals surface area contributed by atoms with Gasteiger partial charge in [0.15, 0.2) is 0 Å². The van der Waals surface area contributed by atoms with Gasteiger partial charge >= 0.3 is 92.2 Å². The fourth-order valence-corrected chi connectivity index (χ4v) is 1.64. The predicted octanol–water partition coefficient (Wildman–Crippen LogP) is 3.65. The zero-order chi connectivity index (χ0) is 9.78. The molecule has 0 spiro atoms. The van der Waals surface area contributed by atoms with Crippen molar-refractivity contribution < 1.29 is 0 Å². The summed E-state index contributed by atoms with van der Waals surface area (Å²) < 4.78 is 2.87. The van der Waals surface area contributed by atoms with Crippen molar-refractivity contribution in [2.24, 2.45) is 0 Å². The van der Waals surface area contributed by atoms with Crippen molar-refractivity contribution in [2.45, 2.75) is 64.7 Å². The Bertz CT molecular complexity index is 141. The van der Waals surface area contributed by atoms with E-state index in [0.717, 1.165) is 6.42 Å². The third kappa shape index (κ3) is 12.1. The van der Waals surface area contributed by atoms with Crippen LogP contribution >= 0.6 is 0 Å². The minimum absolute atomic E-state index is 1.09. The maximum absolute atomic E-state index is 3.08. The Labute approximate surface area is 92.4 Å². The van der Waals surface area contributed by atoms with E-state index in [9.17, 15) is 0 Å². The van der Waals surface area contributed by atoms with Crippen LogP contribution in [-0.4, -0.2) is 16.9 Å². The summed E-state index contributed by atoms with van der Waals surface area (Å²) in [6.45, 7) is 2.27. The first kappa shape index (κ1) is 13.1. The Morgan fingerprint density at radius 2 is 1.38 bits per heavy atom. The molecule has 0 amide bonds. The van der Waals surface area contributed by atoms with E-state index in [2.05, 4.69) is 34.4 Å². The van der Waals surface area contributed by atoms with Gasteiger partial charge < -0.3 is 0 Å². The van der Waals surface area contributed by atoms with Crippen molar-refractivity contribution in [1.82, 2.24) is 0 Å². The van der Waals surface area contributed by atoms with Gasteiger partial charge in [0, 0.05) is 0 Å². The van der Waals surface area contributed by atoms with Crippen molar-refractivity contribution >= 4 is 16.9 Å². The van der Waals surface area contributed by atoms with E-state index in [1.807, 2.05) is 0 Å². The van der Waals surface area contributed by atoms with Crippen LogP contribution in [0.2, 0.25) is 0 Å². The molecule has 0 aliphatic rings. The van der Waals surface area contributed by atoms with Crippen LogP contribution in [0.3, 0.4) is 0 Å². The zero-order valence-corrected chi connectivity index (χ0v) is 10.7. The van der Waals surface area contributed by atoms with Crippen LogP contribution in [-0.2, 0) is 0 Å². The number of hydrogen-bond donors (Lipinski definition) is 0. The molecule has 0 bridgehead atoms. The van der Waals surface area contributed by atoms with Gasteiger partial charge in [-0.1, -0.05) is 0 Å². The van der Waals surface area contributed by atoms with Crippen LogP contribution in [0.15, 0.2) is 0 Å². The number of rotatable bonds is 8. The molecule has 0 rings (SSSR count). The monoisotopic (exact) mass is 240 g/mol. The second-order valence-corrected chi connectivity index (χ2v) is 3.98. The first-order valence-electron chi connectivity index (χ1n) is 5.53. The van der Waals surface area contributed by atoms with E-state index in [1.54, 1.807) is 0 Å². The molecule has 0 aromatic rings. The van der Waals surface area contributed by atoms with Gasteiger partial charge in [-0.05, 0) is 0 Å². The fourth-order valence-electron chi connectivity index (χ4n) is 1.40. The summed E-state index contributed by atoms with van der Waals surface area (Å²) >= 11 is 2.31. The van der Waals surface area contributed by atoms with Gasteiger partial charge in [-0.3, -0.25) is 0 Å². The van der Waals surface area contributed by atoms with E-state index in [4.69, 9.17) is 0 Å². The van der Waals surface area contributed by atoms with Crippen LogP contribution in [0.4, 0.5) is 0 Å². The molecular formula is C12H21As. The third-order valence-corrected chi connectivity index (χ3v) is 2.57. The minimum atomic E-state index is 1.09. The molecule has 0 aromatic heterocycles. The Morgan fingerprint density at radius 3 is 1.92 bits per heavy atom. The Morgan fingerprint density at radius 1 is 0.846 bits per heavy atom. The van der Waals surface area contributed by atoms with Crippen LogP contribution in [0.5, 0.6) is 0 Å². The molecule has 0 heterocycles. The van der Waals surface area contributed by atoms with Crippen molar-refractivity contribution in [1.29, 1.82) is 0 Å². The van der Waals surface area contributed by atoms with E-state index in [0.29, 0.717) is 0 Å². The van der Waals surface area contributed by atoms with Crippen molar-refractivity contribution in [2.75, 3.05) is 0 Å². The Hall–Kier alpha value is 0.118. The van der Waals surface area contributed by atoms with Crippen molar-refractivity contribution in [3.8, 4) is 10.6 Å². The summed E-state index contributed by atoms with van der Waals surface area (Å²) in [4.78, 5) is 0. The molecule has 74 valence electrons. The predicted molar refractivity (Wildman–Crippen MR) is 60.8 cm³/mol. The molecule has 0 aliphatic carbocycles. The van der Waals surface area contributed by atoms with Gasteiger partial charge in [0.2, 0.25) is 0 Å². The van der Waals surface area contributed by atoms with Gasteiger partial charge in [-0.15, -0.1) is 0 Å². The fraction of sp³-hybridized carbons (Fsp3) is 0.833. The summed E-state index contributed by atoms with van der Waals surface area (Å²) in [6, 6.07) is 0. The number of unbranched alkanes of at least 4 members (excludes halogenated alkanes) is 8. The van der Waals surface area contributed by atoms with E-state index in [-0.39, 0.29) is 0 Å². The summed E-state index contributed by atoms with van der Waals surface area (Å²) in [5, 5.41) is 0. The van der Waals surface area contributed by atoms with Gasteiger partial charge in [-0.2, -0.15) is 0 Å².